The second-order valence-electron chi connectivity index (χ2n) is 4.76. The Morgan fingerprint density at radius 2 is 2.12 bits per heavy atom. The van der Waals surface area contributed by atoms with Crippen LogP contribution in [-0.4, -0.2) is 53.3 Å². The van der Waals surface area contributed by atoms with Gasteiger partial charge in [0.05, 0.1) is 26.3 Å². The molecule has 1 aromatic heterocycles. The largest absolute Gasteiger partial charge is 0.346 e. The highest BCUT2D eigenvalue weighted by Gasteiger charge is 2.40. The summed E-state index contributed by atoms with van der Waals surface area (Å²) >= 11 is 0. The van der Waals surface area contributed by atoms with Gasteiger partial charge >= 0.3 is 0 Å². The Morgan fingerprint density at radius 1 is 1.24 bits per heavy atom. The first-order valence-electron chi connectivity index (χ1n) is 6.34. The van der Waals surface area contributed by atoms with Gasteiger partial charge < -0.3 is 9.47 Å². The van der Waals surface area contributed by atoms with Gasteiger partial charge in [0, 0.05) is 25.4 Å². The van der Waals surface area contributed by atoms with E-state index in [0.29, 0.717) is 0 Å². The minimum Gasteiger partial charge on any atom is -0.346 e. The first-order valence-corrected chi connectivity index (χ1v) is 6.34. The van der Waals surface area contributed by atoms with E-state index in [1.165, 1.54) is 0 Å². The Morgan fingerprint density at radius 3 is 2.88 bits per heavy atom. The number of rotatable bonds is 3. The average molecular weight is 237 g/mol. The molecule has 2 saturated heterocycles. The fourth-order valence-corrected chi connectivity index (χ4v) is 2.67. The molecule has 1 aromatic rings. The molecule has 0 unspecified atom stereocenters. The van der Waals surface area contributed by atoms with Crippen LogP contribution in [0.15, 0.2) is 18.5 Å². The molecule has 2 aliphatic rings. The highest BCUT2D eigenvalue weighted by atomic mass is 16.7. The third-order valence-electron chi connectivity index (χ3n) is 3.51. The van der Waals surface area contributed by atoms with Crippen molar-refractivity contribution in [1.29, 1.82) is 0 Å². The van der Waals surface area contributed by atoms with Crippen LogP contribution in [0.1, 0.15) is 12.8 Å². The molecule has 3 heterocycles. The summed E-state index contributed by atoms with van der Waals surface area (Å²) in [7, 11) is 0. The lowest BCUT2D eigenvalue weighted by molar-refractivity contribution is -0.189. The summed E-state index contributed by atoms with van der Waals surface area (Å²) in [6.07, 6.45) is 6.01. The lowest BCUT2D eigenvalue weighted by Gasteiger charge is -2.38. The van der Waals surface area contributed by atoms with E-state index < -0.39 is 0 Å². The normalized spacial score (nSPS) is 24.5. The molecule has 0 bridgehead atoms. The smallest absolute Gasteiger partial charge is 0.181 e. The lowest BCUT2D eigenvalue weighted by Crippen LogP contribution is -2.49. The number of likely N-dealkylation sites (tertiary alicyclic amines) is 1. The Bertz CT molecular complexity index is 347. The van der Waals surface area contributed by atoms with Gasteiger partial charge in [0.1, 0.15) is 0 Å². The molecule has 3 rings (SSSR count). The standard InChI is InChI=1S/C12H19N3O2/c1-3-12(16-9-10-17-12)11-14(5-1)7-8-15-6-2-4-13-15/h2,4,6H,1,3,5,7-11H2. The maximum atomic E-state index is 5.76. The summed E-state index contributed by atoms with van der Waals surface area (Å²) in [5, 5.41) is 4.22. The Labute approximate surface area is 101 Å². The van der Waals surface area contributed by atoms with Crippen molar-refractivity contribution in [2.75, 3.05) is 32.8 Å². The minimum absolute atomic E-state index is 0.303. The van der Waals surface area contributed by atoms with Crippen LogP contribution < -0.4 is 0 Å². The highest BCUT2D eigenvalue weighted by Crippen LogP contribution is 2.29. The molecule has 2 fully saturated rings. The molecule has 0 aromatic carbocycles. The molecular weight excluding hydrogens is 218 g/mol. The first-order chi connectivity index (χ1) is 8.36. The fraction of sp³-hybridized carbons (Fsp3) is 0.750. The summed E-state index contributed by atoms with van der Waals surface area (Å²) < 4.78 is 13.5. The zero-order valence-electron chi connectivity index (χ0n) is 10.0. The van der Waals surface area contributed by atoms with Gasteiger partial charge in [-0.2, -0.15) is 5.10 Å². The zero-order valence-corrected chi connectivity index (χ0v) is 10.0. The van der Waals surface area contributed by atoms with Crippen LogP contribution >= 0.6 is 0 Å². The molecule has 5 heteroatoms. The third kappa shape index (κ3) is 2.51. The maximum Gasteiger partial charge on any atom is 0.181 e. The fourth-order valence-electron chi connectivity index (χ4n) is 2.67. The van der Waals surface area contributed by atoms with Gasteiger partial charge in [0.25, 0.3) is 0 Å². The molecule has 0 atom stereocenters. The third-order valence-corrected chi connectivity index (χ3v) is 3.51. The predicted molar refractivity (Wildman–Crippen MR) is 62.5 cm³/mol. The summed E-state index contributed by atoms with van der Waals surface area (Å²) in [6.45, 7) is 5.46. The summed E-state index contributed by atoms with van der Waals surface area (Å²) in [4.78, 5) is 2.41. The Kier molecular flexibility index (Phi) is 3.13. The summed E-state index contributed by atoms with van der Waals surface area (Å²) in [5.74, 6) is -0.303. The predicted octanol–water partition coefficient (Wildman–Crippen LogP) is 0.722. The van der Waals surface area contributed by atoms with E-state index in [-0.39, 0.29) is 5.79 Å². The van der Waals surface area contributed by atoms with Crippen molar-refractivity contribution in [3.05, 3.63) is 18.5 Å². The summed E-state index contributed by atoms with van der Waals surface area (Å²) in [6, 6.07) is 1.96. The van der Waals surface area contributed by atoms with Gasteiger partial charge in [-0.3, -0.25) is 9.58 Å². The Balaban J connectivity index is 1.53. The number of nitrogens with zero attached hydrogens (tertiary/aromatic N) is 3. The second-order valence-corrected chi connectivity index (χ2v) is 4.76. The van der Waals surface area contributed by atoms with Crippen molar-refractivity contribution >= 4 is 0 Å². The van der Waals surface area contributed by atoms with Crippen LogP contribution in [0.25, 0.3) is 0 Å². The molecule has 0 aliphatic carbocycles. The molecule has 5 nitrogen and oxygen atoms in total. The first kappa shape index (κ1) is 11.2. The summed E-state index contributed by atoms with van der Waals surface area (Å²) in [5.41, 5.74) is 0. The molecular formula is C12H19N3O2. The van der Waals surface area contributed by atoms with Gasteiger partial charge in [0.15, 0.2) is 5.79 Å². The van der Waals surface area contributed by atoms with Crippen molar-refractivity contribution in [1.82, 2.24) is 14.7 Å². The number of ether oxygens (including phenoxy) is 2. The average Bonchev–Trinajstić information content (AvgIpc) is 2.99. The lowest BCUT2D eigenvalue weighted by atomic mass is 10.0. The zero-order chi connectivity index (χ0) is 11.6. The van der Waals surface area contributed by atoms with Crippen molar-refractivity contribution in [2.24, 2.45) is 0 Å². The molecule has 0 saturated carbocycles. The topological polar surface area (TPSA) is 39.5 Å². The quantitative estimate of drug-likeness (QED) is 0.776. The van der Waals surface area contributed by atoms with Crippen LogP contribution in [-0.2, 0) is 16.0 Å². The van der Waals surface area contributed by atoms with E-state index in [1.807, 2.05) is 23.1 Å². The molecule has 0 amide bonds. The number of hydrogen-bond acceptors (Lipinski definition) is 4. The van der Waals surface area contributed by atoms with Crippen molar-refractivity contribution in [2.45, 2.75) is 25.2 Å². The van der Waals surface area contributed by atoms with Crippen molar-refractivity contribution in [3.63, 3.8) is 0 Å². The van der Waals surface area contributed by atoms with E-state index >= 15 is 0 Å². The molecule has 0 N–H and O–H groups in total. The highest BCUT2D eigenvalue weighted by molar-refractivity contribution is 4.84. The maximum absolute atomic E-state index is 5.76. The second kappa shape index (κ2) is 4.76. The van der Waals surface area contributed by atoms with Crippen LogP contribution in [0.5, 0.6) is 0 Å². The van der Waals surface area contributed by atoms with E-state index in [1.54, 1.807) is 0 Å². The van der Waals surface area contributed by atoms with E-state index in [2.05, 4.69) is 10.00 Å². The van der Waals surface area contributed by atoms with Gasteiger partial charge in [-0.05, 0) is 19.0 Å². The van der Waals surface area contributed by atoms with Crippen LogP contribution in [0.3, 0.4) is 0 Å². The number of piperidine rings is 1. The molecule has 94 valence electrons. The SMILES string of the molecule is c1cnn(CCN2CCCC3(C2)OCCO3)c1. The number of hydrogen-bond donors (Lipinski definition) is 0. The van der Waals surface area contributed by atoms with Gasteiger partial charge in [-0.25, -0.2) is 0 Å². The minimum atomic E-state index is -0.303. The number of aromatic nitrogens is 2. The molecule has 17 heavy (non-hydrogen) atoms. The molecule has 0 radical (unpaired) electrons. The van der Waals surface area contributed by atoms with Crippen LogP contribution in [0.2, 0.25) is 0 Å². The van der Waals surface area contributed by atoms with Gasteiger partial charge in [-0.15, -0.1) is 0 Å². The van der Waals surface area contributed by atoms with E-state index in [9.17, 15) is 0 Å². The van der Waals surface area contributed by atoms with Crippen LogP contribution in [0.4, 0.5) is 0 Å². The Hall–Kier alpha value is -0.910. The van der Waals surface area contributed by atoms with Crippen molar-refractivity contribution < 1.29 is 9.47 Å². The van der Waals surface area contributed by atoms with Crippen LogP contribution in [0, 0.1) is 0 Å². The molecule has 1 spiro atoms. The van der Waals surface area contributed by atoms with Gasteiger partial charge in [-0.1, -0.05) is 0 Å². The van der Waals surface area contributed by atoms with Crippen molar-refractivity contribution in [3.8, 4) is 0 Å². The molecule has 2 aliphatic heterocycles. The van der Waals surface area contributed by atoms with Gasteiger partial charge in [0.2, 0.25) is 0 Å². The monoisotopic (exact) mass is 237 g/mol. The van der Waals surface area contributed by atoms with E-state index in [4.69, 9.17) is 9.47 Å². The van der Waals surface area contributed by atoms with E-state index in [0.717, 1.165) is 52.2 Å².